The van der Waals surface area contributed by atoms with Gasteiger partial charge in [0.1, 0.15) is 0 Å². The average molecular weight is 296 g/mol. The van der Waals surface area contributed by atoms with Gasteiger partial charge in [-0.15, -0.1) is 0 Å². The van der Waals surface area contributed by atoms with Gasteiger partial charge in [0.05, 0.1) is 11.6 Å². The number of ether oxygens (including phenoxy) is 1. The fourth-order valence-corrected chi connectivity index (χ4v) is 3.96. The molecule has 1 fully saturated rings. The van der Waals surface area contributed by atoms with E-state index in [-0.39, 0.29) is 11.6 Å². The third kappa shape index (κ3) is 3.19. The zero-order chi connectivity index (χ0) is 14.6. The van der Waals surface area contributed by atoms with Crippen molar-refractivity contribution in [1.82, 2.24) is 5.32 Å². The van der Waals surface area contributed by atoms with Crippen LogP contribution in [-0.4, -0.2) is 19.3 Å². The Morgan fingerprint density at radius 1 is 1.45 bits per heavy atom. The number of hydrogen-bond acceptors (Lipinski definition) is 2. The molecule has 1 saturated carbocycles. The normalized spacial score (nSPS) is 28.3. The molecule has 2 rings (SSSR count). The molecule has 2 nitrogen and oxygen atoms in total. The summed E-state index contributed by atoms with van der Waals surface area (Å²) in [6.07, 6.45) is 4.72. The van der Waals surface area contributed by atoms with Crippen LogP contribution in [0.5, 0.6) is 0 Å². The summed E-state index contributed by atoms with van der Waals surface area (Å²) >= 11 is 6.42. The van der Waals surface area contributed by atoms with Crippen LogP contribution in [0.15, 0.2) is 24.3 Å². The SMILES string of the molecule is CCOC1(C(NC)c2ccccc2Cl)CCCC(C)C1. The first-order chi connectivity index (χ1) is 9.63. The summed E-state index contributed by atoms with van der Waals surface area (Å²) in [7, 11) is 2.01. The summed E-state index contributed by atoms with van der Waals surface area (Å²) in [6, 6.07) is 8.27. The summed E-state index contributed by atoms with van der Waals surface area (Å²) in [6.45, 7) is 5.15. The molecule has 0 radical (unpaired) electrons. The summed E-state index contributed by atoms with van der Waals surface area (Å²) in [5, 5.41) is 4.29. The lowest BCUT2D eigenvalue weighted by Crippen LogP contribution is -2.48. The van der Waals surface area contributed by atoms with E-state index in [2.05, 4.69) is 31.3 Å². The quantitative estimate of drug-likeness (QED) is 0.858. The van der Waals surface area contributed by atoms with Gasteiger partial charge in [-0.3, -0.25) is 0 Å². The number of benzene rings is 1. The molecule has 1 aliphatic rings. The largest absolute Gasteiger partial charge is 0.373 e. The lowest BCUT2D eigenvalue weighted by atomic mass is 9.72. The smallest absolute Gasteiger partial charge is 0.0879 e. The number of rotatable bonds is 5. The van der Waals surface area contributed by atoms with E-state index in [0.29, 0.717) is 5.92 Å². The van der Waals surface area contributed by atoms with Crippen molar-refractivity contribution in [2.24, 2.45) is 5.92 Å². The monoisotopic (exact) mass is 295 g/mol. The van der Waals surface area contributed by atoms with Crippen molar-refractivity contribution in [3.63, 3.8) is 0 Å². The van der Waals surface area contributed by atoms with Gasteiger partial charge < -0.3 is 10.1 Å². The van der Waals surface area contributed by atoms with E-state index in [0.717, 1.165) is 30.0 Å². The summed E-state index contributed by atoms with van der Waals surface area (Å²) in [5.41, 5.74) is 1.02. The Bertz CT molecular complexity index is 433. The minimum atomic E-state index is -0.133. The summed E-state index contributed by atoms with van der Waals surface area (Å²) < 4.78 is 6.28. The predicted molar refractivity (Wildman–Crippen MR) is 85.2 cm³/mol. The molecule has 112 valence electrons. The van der Waals surface area contributed by atoms with Crippen molar-refractivity contribution in [1.29, 1.82) is 0 Å². The van der Waals surface area contributed by atoms with Crippen LogP contribution in [-0.2, 0) is 4.74 Å². The Labute approximate surface area is 127 Å². The molecule has 1 aromatic rings. The van der Waals surface area contributed by atoms with E-state index in [1.807, 2.05) is 19.2 Å². The van der Waals surface area contributed by atoms with Gasteiger partial charge in [-0.05, 0) is 44.4 Å². The van der Waals surface area contributed by atoms with Crippen LogP contribution in [0.1, 0.15) is 51.1 Å². The van der Waals surface area contributed by atoms with Crippen LogP contribution in [0, 0.1) is 5.92 Å². The zero-order valence-electron chi connectivity index (χ0n) is 12.8. The molecule has 0 amide bonds. The third-order valence-electron chi connectivity index (χ3n) is 4.45. The fourth-order valence-electron chi connectivity index (χ4n) is 3.72. The molecule has 0 heterocycles. The van der Waals surface area contributed by atoms with Crippen molar-refractivity contribution in [3.05, 3.63) is 34.9 Å². The highest BCUT2D eigenvalue weighted by molar-refractivity contribution is 6.31. The predicted octanol–water partition coefficient (Wildman–Crippen LogP) is 4.59. The Kier molecular flexibility index (Phi) is 5.48. The topological polar surface area (TPSA) is 21.3 Å². The number of halogens is 1. The van der Waals surface area contributed by atoms with Gasteiger partial charge in [0.25, 0.3) is 0 Å². The maximum Gasteiger partial charge on any atom is 0.0879 e. The van der Waals surface area contributed by atoms with Gasteiger partial charge in [0, 0.05) is 11.6 Å². The molecule has 0 aromatic heterocycles. The van der Waals surface area contributed by atoms with Gasteiger partial charge in [0.15, 0.2) is 0 Å². The third-order valence-corrected chi connectivity index (χ3v) is 4.80. The molecule has 3 atom stereocenters. The first-order valence-corrected chi connectivity index (χ1v) is 8.06. The van der Waals surface area contributed by atoms with Crippen LogP contribution in [0.3, 0.4) is 0 Å². The average Bonchev–Trinajstić information content (AvgIpc) is 2.42. The molecule has 0 spiro atoms. The van der Waals surface area contributed by atoms with Crippen molar-refractivity contribution < 1.29 is 4.74 Å². The van der Waals surface area contributed by atoms with Gasteiger partial charge in [0.2, 0.25) is 0 Å². The summed E-state index contributed by atoms with van der Waals surface area (Å²) in [4.78, 5) is 0. The van der Waals surface area contributed by atoms with E-state index in [1.165, 1.54) is 12.8 Å². The van der Waals surface area contributed by atoms with Crippen molar-refractivity contribution in [3.8, 4) is 0 Å². The summed E-state index contributed by atoms with van der Waals surface area (Å²) in [5.74, 6) is 0.702. The molecular formula is C17H26ClNO. The molecule has 1 aliphatic carbocycles. The van der Waals surface area contributed by atoms with Crippen LogP contribution >= 0.6 is 11.6 Å². The Morgan fingerprint density at radius 2 is 2.20 bits per heavy atom. The molecule has 1 N–H and O–H groups in total. The maximum absolute atomic E-state index is 6.42. The second-order valence-electron chi connectivity index (χ2n) is 5.94. The van der Waals surface area contributed by atoms with Crippen LogP contribution in [0.2, 0.25) is 5.02 Å². The zero-order valence-corrected chi connectivity index (χ0v) is 13.5. The van der Waals surface area contributed by atoms with Gasteiger partial charge in [-0.2, -0.15) is 0 Å². The van der Waals surface area contributed by atoms with Crippen molar-refractivity contribution >= 4 is 11.6 Å². The van der Waals surface area contributed by atoms with Crippen LogP contribution in [0.25, 0.3) is 0 Å². The Morgan fingerprint density at radius 3 is 2.80 bits per heavy atom. The molecule has 0 aliphatic heterocycles. The van der Waals surface area contributed by atoms with Gasteiger partial charge >= 0.3 is 0 Å². The second kappa shape index (κ2) is 6.93. The molecular weight excluding hydrogens is 270 g/mol. The first-order valence-electron chi connectivity index (χ1n) is 7.68. The van der Waals surface area contributed by atoms with E-state index in [4.69, 9.17) is 16.3 Å². The van der Waals surface area contributed by atoms with E-state index in [1.54, 1.807) is 0 Å². The highest BCUT2D eigenvalue weighted by Gasteiger charge is 2.43. The molecule has 1 aromatic carbocycles. The van der Waals surface area contributed by atoms with Crippen molar-refractivity contribution in [2.45, 2.75) is 51.2 Å². The van der Waals surface area contributed by atoms with Crippen molar-refractivity contribution in [2.75, 3.05) is 13.7 Å². The van der Waals surface area contributed by atoms with E-state index >= 15 is 0 Å². The minimum absolute atomic E-state index is 0.133. The number of hydrogen-bond donors (Lipinski definition) is 1. The molecule has 20 heavy (non-hydrogen) atoms. The maximum atomic E-state index is 6.42. The molecule has 0 saturated heterocycles. The molecule has 3 unspecified atom stereocenters. The molecule has 3 heteroatoms. The lowest BCUT2D eigenvalue weighted by Gasteiger charge is -2.45. The highest BCUT2D eigenvalue weighted by Crippen LogP contribution is 2.44. The Hall–Kier alpha value is -0.570. The Balaban J connectivity index is 2.37. The number of likely N-dealkylation sites (N-methyl/N-ethyl adjacent to an activating group) is 1. The van der Waals surface area contributed by atoms with Gasteiger partial charge in [-0.1, -0.05) is 49.6 Å². The van der Waals surface area contributed by atoms with E-state index < -0.39 is 0 Å². The van der Waals surface area contributed by atoms with Crippen LogP contribution < -0.4 is 5.32 Å². The highest BCUT2D eigenvalue weighted by atomic mass is 35.5. The fraction of sp³-hybridized carbons (Fsp3) is 0.647. The molecule has 0 bridgehead atoms. The van der Waals surface area contributed by atoms with E-state index in [9.17, 15) is 0 Å². The van der Waals surface area contributed by atoms with Crippen LogP contribution in [0.4, 0.5) is 0 Å². The second-order valence-corrected chi connectivity index (χ2v) is 6.35. The first kappa shape index (κ1) is 15.8. The lowest BCUT2D eigenvalue weighted by molar-refractivity contribution is -0.100. The standard InChI is InChI=1S/C17H26ClNO/c1-4-20-17(11-7-8-13(2)12-17)16(19-3)14-9-5-6-10-15(14)18/h5-6,9-10,13,16,19H,4,7-8,11-12H2,1-3H3. The van der Waals surface area contributed by atoms with Gasteiger partial charge in [-0.25, -0.2) is 0 Å². The minimum Gasteiger partial charge on any atom is -0.373 e. The number of nitrogens with one attached hydrogen (secondary N) is 1.